The maximum Gasteiger partial charge on any atom is 0.414 e. The Morgan fingerprint density at radius 1 is 1.44 bits per heavy atom. The van der Waals surface area contributed by atoms with Crippen LogP contribution in [0.4, 0.5) is 10.5 Å². The zero-order valence-corrected chi connectivity index (χ0v) is 10.2. The van der Waals surface area contributed by atoms with Crippen LogP contribution >= 0.6 is 12.2 Å². The quantitative estimate of drug-likeness (QED) is 0.511. The van der Waals surface area contributed by atoms with E-state index in [0.29, 0.717) is 5.56 Å². The standard InChI is InChI=1S/C10H10N2O5S/c1-16-10(18)11-9(13)17-6-7-2-4-8(5-3-7)12(14)15/h2-5H,6H2,1H3,(H,11,13,18). The molecule has 18 heavy (non-hydrogen) atoms. The van der Waals surface area contributed by atoms with Crippen LogP contribution in [0.2, 0.25) is 0 Å². The molecule has 96 valence electrons. The summed E-state index contributed by atoms with van der Waals surface area (Å²) in [6, 6.07) is 5.66. The molecule has 0 unspecified atom stereocenters. The molecule has 7 nitrogen and oxygen atoms in total. The number of non-ortho nitro benzene ring substituents is 1. The van der Waals surface area contributed by atoms with Crippen molar-refractivity contribution < 1.29 is 19.2 Å². The van der Waals surface area contributed by atoms with E-state index in [2.05, 4.69) is 22.3 Å². The maximum atomic E-state index is 11.2. The van der Waals surface area contributed by atoms with Crippen molar-refractivity contribution in [2.45, 2.75) is 6.61 Å². The summed E-state index contributed by atoms with van der Waals surface area (Å²) in [6.45, 7) is -0.0177. The van der Waals surface area contributed by atoms with E-state index in [0.717, 1.165) is 0 Å². The molecule has 1 rings (SSSR count). The van der Waals surface area contributed by atoms with Gasteiger partial charge in [-0.15, -0.1) is 0 Å². The minimum absolute atomic E-state index is 0.0177. The van der Waals surface area contributed by atoms with Crippen LogP contribution in [-0.4, -0.2) is 23.3 Å². The van der Waals surface area contributed by atoms with Gasteiger partial charge in [-0.05, 0) is 29.9 Å². The molecular formula is C10H10N2O5S. The second kappa shape index (κ2) is 6.50. The first-order chi connectivity index (χ1) is 8.52. The summed E-state index contributed by atoms with van der Waals surface area (Å²) in [6.07, 6.45) is -0.750. The molecule has 0 aliphatic rings. The van der Waals surface area contributed by atoms with Crippen molar-refractivity contribution in [3.8, 4) is 0 Å². The largest absolute Gasteiger partial charge is 0.474 e. The molecule has 1 aromatic carbocycles. The van der Waals surface area contributed by atoms with Crippen molar-refractivity contribution in [2.75, 3.05) is 7.11 Å². The number of hydrogen-bond donors (Lipinski definition) is 1. The molecule has 0 aliphatic heterocycles. The minimum atomic E-state index is -0.750. The van der Waals surface area contributed by atoms with Gasteiger partial charge in [0, 0.05) is 12.1 Å². The Kier molecular flexibility index (Phi) is 5.00. The predicted molar refractivity (Wildman–Crippen MR) is 66.0 cm³/mol. The Bertz CT molecular complexity index is 460. The number of rotatable bonds is 3. The van der Waals surface area contributed by atoms with E-state index in [4.69, 9.17) is 4.74 Å². The van der Waals surface area contributed by atoms with Gasteiger partial charge >= 0.3 is 6.09 Å². The topological polar surface area (TPSA) is 90.7 Å². The van der Waals surface area contributed by atoms with Gasteiger partial charge in [-0.25, -0.2) is 4.79 Å². The van der Waals surface area contributed by atoms with Crippen LogP contribution in [0.5, 0.6) is 0 Å². The highest BCUT2D eigenvalue weighted by molar-refractivity contribution is 7.80. The molecule has 1 aromatic rings. The fraction of sp³-hybridized carbons (Fsp3) is 0.200. The Balaban J connectivity index is 2.46. The SMILES string of the molecule is COC(=S)NC(=O)OCc1ccc([N+](=O)[O-])cc1. The zero-order chi connectivity index (χ0) is 13.5. The summed E-state index contributed by atoms with van der Waals surface area (Å²) in [5.41, 5.74) is 0.600. The van der Waals surface area contributed by atoms with Crippen molar-refractivity contribution in [3.63, 3.8) is 0 Å². The molecular weight excluding hydrogens is 260 g/mol. The monoisotopic (exact) mass is 270 g/mol. The van der Waals surface area contributed by atoms with Crippen LogP contribution in [0.1, 0.15) is 5.56 Å². The van der Waals surface area contributed by atoms with E-state index in [1.807, 2.05) is 0 Å². The number of carbonyl (C=O) groups is 1. The highest BCUT2D eigenvalue weighted by atomic mass is 32.1. The number of alkyl carbamates (subject to hydrolysis) is 1. The Hall–Kier alpha value is -2.22. The summed E-state index contributed by atoms with van der Waals surface area (Å²) in [5.74, 6) is 0. The van der Waals surface area contributed by atoms with Crippen molar-refractivity contribution in [2.24, 2.45) is 0 Å². The molecule has 0 radical (unpaired) electrons. The molecule has 1 N–H and O–H groups in total. The van der Waals surface area contributed by atoms with Gasteiger partial charge in [-0.3, -0.25) is 15.4 Å². The van der Waals surface area contributed by atoms with E-state index in [-0.39, 0.29) is 17.5 Å². The first kappa shape index (κ1) is 13.8. The number of hydrogen-bond acceptors (Lipinski definition) is 6. The number of benzene rings is 1. The van der Waals surface area contributed by atoms with E-state index in [1.54, 1.807) is 0 Å². The molecule has 0 heterocycles. The van der Waals surface area contributed by atoms with Crippen molar-refractivity contribution >= 4 is 29.2 Å². The fourth-order valence-corrected chi connectivity index (χ4v) is 1.12. The van der Waals surface area contributed by atoms with Gasteiger partial charge in [0.25, 0.3) is 10.9 Å². The summed E-state index contributed by atoms with van der Waals surface area (Å²) >= 11 is 4.60. The third-order valence-electron chi connectivity index (χ3n) is 1.91. The lowest BCUT2D eigenvalue weighted by atomic mass is 10.2. The lowest BCUT2D eigenvalue weighted by Gasteiger charge is -2.06. The third kappa shape index (κ3) is 4.34. The normalized spacial score (nSPS) is 9.39. The van der Waals surface area contributed by atoms with Crippen molar-refractivity contribution in [3.05, 3.63) is 39.9 Å². The van der Waals surface area contributed by atoms with Gasteiger partial charge < -0.3 is 9.47 Å². The van der Waals surface area contributed by atoms with E-state index >= 15 is 0 Å². The molecule has 1 amide bonds. The first-order valence-electron chi connectivity index (χ1n) is 4.78. The van der Waals surface area contributed by atoms with Gasteiger partial charge in [0.1, 0.15) is 6.61 Å². The van der Waals surface area contributed by atoms with Gasteiger partial charge in [-0.1, -0.05) is 0 Å². The second-order valence-electron chi connectivity index (χ2n) is 3.12. The van der Waals surface area contributed by atoms with Gasteiger partial charge in [0.05, 0.1) is 12.0 Å². The minimum Gasteiger partial charge on any atom is -0.474 e. The number of nitrogens with one attached hydrogen (secondary N) is 1. The van der Waals surface area contributed by atoms with E-state index in [9.17, 15) is 14.9 Å². The highest BCUT2D eigenvalue weighted by Crippen LogP contribution is 2.12. The van der Waals surface area contributed by atoms with Crippen LogP contribution in [0.15, 0.2) is 24.3 Å². The number of thiocarbonyl (C=S) groups is 1. The fourth-order valence-electron chi connectivity index (χ4n) is 1.03. The molecule has 0 bridgehead atoms. The van der Waals surface area contributed by atoms with Crippen molar-refractivity contribution in [1.82, 2.24) is 5.32 Å². The number of carbonyl (C=O) groups excluding carboxylic acids is 1. The highest BCUT2D eigenvalue weighted by Gasteiger charge is 2.07. The predicted octanol–water partition coefficient (Wildman–Crippen LogP) is 1.75. The number of ether oxygens (including phenoxy) is 2. The first-order valence-corrected chi connectivity index (χ1v) is 5.19. The molecule has 8 heteroatoms. The van der Waals surface area contributed by atoms with Crippen molar-refractivity contribution in [1.29, 1.82) is 0 Å². The lowest BCUT2D eigenvalue weighted by molar-refractivity contribution is -0.384. The van der Waals surface area contributed by atoms with Crippen LogP contribution in [0.3, 0.4) is 0 Å². The number of nitro groups is 1. The number of methoxy groups -OCH3 is 1. The van der Waals surface area contributed by atoms with E-state index in [1.165, 1.54) is 31.4 Å². The average molecular weight is 270 g/mol. The maximum absolute atomic E-state index is 11.2. The lowest BCUT2D eigenvalue weighted by Crippen LogP contribution is -2.30. The Labute approximate surface area is 108 Å². The summed E-state index contributed by atoms with van der Waals surface area (Å²) in [5, 5.41) is 12.5. The van der Waals surface area contributed by atoms with Gasteiger partial charge in [-0.2, -0.15) is 0 Å². The molecule has 0 aromatic heterocycles. The van der Waals surface area contributed by atoms with Gasteiger partial charge in [0.2, 0.25) is 0 Å². The third-order valence-corrected chi connectivity index (χ3v) is 2.18. The smallest absolute Gasteiger partial charge is 0.414 e. The molecule has 0 fully saturated rings. The molecule has 0 saturated heterocycles. The molecule has 0 saturated carbocycles. The van der Waals surface area contributed by atoms with E-state index < -0.39 is 11.0 Å². The average Bonchev–Trinajstić information content (AvgIpc) is 2.36. The molecule has 0 aliphatic carbocycles. The van der Waals surface area contributed by atoms with Crippen LogP contribution in [0, 0.1) is 10.1 Å². The van der Waals surface area contributed by atoms with Gasteiger partial charge in [0.15, 0.2) is 0 Å². The zero-order valence-electron chi connectivity index (χ0n) is 9.41. The van der Waals surface area contributed by atoms with Crippen LogP contribution in [-0.2, 0) is 16.1 Å². The molecule has 0 atom stereocenters. The Morgan fingerprint density at radius 3 is 2.56 bits per heavy atom. The summed E-state index contributed by atoms with van der Waals surface area (Å²) in [7, 11) is 1.32. The number of amides is 1. The summed E-state index contributed by atoms with van der Waals surface area (Å²) in [4.78, 5) is 21.1. The number of nitrogens with zero attached hydrogens (tertiary/aromatic N) is 1. The Morgan fingerprint density at radius 2 is 2.06 bits per heavy atom. The number of nitro benzene ring substituents is 1. The molecule has 0 spiro atoms. The second-order valence-corrected chi connectivity index (χ2v) is 3.49. The van der Waals surface area contributed by atoms with Crippen LogP contribution < -0.4 is 5.32 Å². The summed E-state index contributed by atoms with van der Waals surface area (Å²) < 4.78 is 9.37. The van der Waals surface area contributed by atoms with Crippen LogP contribution in [0.25, 0.3) is 0 Å².